The first-order valence-electron chi connectivity index (χ1n) is 7.91. The van der Waals surface area contributed by atoms with Gasteiger partial charge in [0, 0.05) is 24.5 Å². The normalized spacial score (nSPS) is 17.1. The number of rotatable bonds is 3. The second kappa shape index (κ2) is 6.74. The van der Waals surface area contributed by atoms with Gasteiger partial charge in [-0.15, -0.1) is 0 Å². The molecule has 0 fully saturated rings. The molecule has 0 aliphatic carbocycles. The van der Waals surface area contributed by atoms with Gasteiger partial charge in [-0.2, -0.15) is 13.2 Å². The number of benzene rings is 1. The van der Waals surface area contributed by atoms with Crippen LogP contribution in [0.1, 0.15) is 35.2 Å². The Morgan fingerprint density at radius 3 is 2.72 bits per heavy atom. The Hall–Kier alpha value is -2.57. The minimum atomic E-state index is -4.43. The van der Waals surface area contributed by atoms with Gasteiger partial charge in [-0.05, 0) is 30.0 Å². The fraction of sp³-hybridized carbons (Fsp3) is 0.333. The highest BCUT2D eigenvalue weighted by molar-refractivity contribution is 6.06. The average molecular weight is 350 g/mol. The summed E-state index contributed by atoms with van der Waals surface area (Å²) in [5.74, 6) is -0.0210. The minimum Gasteiger partial charge on any atom is -0.468 e. The first-order valence-corrected chi connectivity index (χ1v) is 7.91. The first-order chi connectivity index (χ1) is 11.8. The van der Waals surface area contributed by atoms with E-state index in [1.54, 1.807) is 4.90 Å². The van der Waals surface area contributed by atoms with Gasteiger partial charge in [0.05, 0.1) is 5.56 Å². The quantitative estimate of drug-likeness (QED) is 0.834. The highest BCUT2D eigenvalue weighted by Gasteiger charge is 2.29. The van der Waals surface area contributed by atoms with Gasteiger partial charge >= 0.3 is 6.18 Å². The summed E-state index contributed by atoms with van der Waals surface area (Å²) in [4.78, 5) is 18.2. The van der Waals surface area contributed by atoms with Crippen LogP contribution in [-0.2, 0) is 0 Å². The summed E-state index contributed by atoms with van der Waals surface area (Å²) in [7, 11) is 0. The third-order valence-corrected chi connectivity index (χ3v) is 4.16. The Balaban J connectivity index is 1.77. The fourth-order valence-electron chi connectivity index (χ4n) is 2.86. The van der Waals surface area contributed by atoms with Crippen molar-refractivity contribution in [3.63, 3.8) is 0 Å². The van der Waals surface area contributed by atoms with E-state index in [0.717, 1.165) is 17.7 Å². The van der Waals surface area contributed by atoms with Gasteiger partial charge in [0.2, 0.25) is 5.88 Å². The van der Waals surface area contributed by atoms with Crippen LogP contribution in [-0.4, -0.2) is 30.2 Å². The molecule has 132 valence electrons. The van der Waals surface area contributed by atoms with Crippen LogP contribution in [0.3, 0.4) is 0 Å². The number of halogens is 3. The molecule has 0 saturated heterocycles. The van der Waals surface area contributed by atoms with E-state index in [0.29, 0.717) is 18.0 Å². The molecular weight excluding hydrogens is 333 g/mol. The Kier molecular flexibility index (Phi) is 4.65. The van der Waals surface area contributed by atoms with Crippen molar-refractivity contribution in [2.24, 2.45) is 0 Å². The molecule has 7 heteroatoms. The highest BCUT2D eigenvalue weighted by Crippen LogP contribution is 2.35. The molecule has 0 radical (unpaired) electrons. The fourth-order valence-corrected chi connectivity index (χ4v) is 2.86. The smallest absolute Gasteiger partial charge is 0.422 e. The standard InChI is InChI=1S/C18H17F3N2O2/c1-12-8-9-23(15-5-3-2-4-14(12)15)17(24)13-6-7-16(22-10-13)25-11-18(19,20)21/h2-7,10,12H,8-9,11H2,1H3. The Bertz CT molecular complexity index is 760. The van der Waals surface area contributed by atoms with Gasteiger partial charge in [-0.1, -0.05) is 25.1 Å². The monoisotopic (exact) mass is 350 g/mol. The van der Waals surface area contributed by atoms with Crippen LogP contribution in [0.15, 0.2) is 42.6 Å². The topological polar surface area (TPSA) is 42.4 Å². The number of aromatic nitrogens is 1. The van der Waals surface area contributed by atoms with Crippen molar-refractivity contribution in [1.82, 2.24) is 4.98 Å². The zero-order valence-electron chi connectivity index (χ0n) is 13.6. The summed E-state index contributed by atoms with van der Waals surface area (Å²) in [6.45, 7) is 1.29. The summed E-state index contributed by atoms with van der Waals surface area (Å²) in [5, 5.41) is 0. The van der Waals surface area contributed by atoms with Crippen molar-refractivity contribution in [1.29, 1.82) is 0 Å². The lowest BCUT2D eigenvalue weighted by atomic mass is 9.91. The van der Waals surface area contributed by atoms with Crippen LogP contribution in [0, 0.1) is 0 Å². The van der Waals surface area contributed by atoms with E-state index in [1.807, 2.05) is 24.3 Å². The lowest BCUT2D eigenvalue weighted by Crippen LogP contribution is -2.36. The maximum Gasteiger partial charge on any atom is 0.422 e. The predicted octanol–water partition coefficient (Wildman–Crippen LogP) is 4.18. The Labute approximate surface area is 143 Å². The molecule has 3 rings (SSSR count). The van der Waals surface area contributed by atoms with Gasteiger partial charge < -0.3 is 9.64 Å². The molecule has 1 aliphatic heterocycles. The van der Waals surface area contributed by atoms with Gasteiger partial charge in [-0.3, -0.25) is 4.79 Å². The van der Waals surface area contributed by atoms with Crippen molar-refractivity contribution in [3.8, 4) is 5.88 Å². The summed E-state index contributed by atoms with van der Waals surface area (Å²) in [6.07, 6.45) is -2.33. The first kappa shape index (κ1) is 17.3. The van der Waals surface area contributed by atoms with Crippen molar-refractivity contribution >= 4 is 11.6 Å². The van der Waals surface area contributed by atoms with Crippen LogP contribution in [0.2, 0.25) is 0 Å². The van der Waals surface area contributed by atoms with E-state index in [4.69, 9.17) is 0 Å². The summed E-state index contributed by atoms with van der Waals surface area (Å²) < 4.78 is 41.0. The number of carbonyl (C=O) groups excluding carboxylic acids is 1. The largest absolute Gasteiger partial charge is 0.468 e. The van der Waals surface area contributed by atoms with E-state index in [2.05, 4.69) is 16.6 Å². The molecule has 0 bridgehead atoms. The molecule has 1 unspecified atom stereocenters. The zero-order chi connectivity index (χ0) is 18.0. The van der Waals surface area contributed by atoms with Crippen LogP contribution >= 0.6 is 0 Å². The van der Waals surface area contributed by atoms with E-state index >= 15 is 0 Å². The number of alkyl halides is 3. The van der Waals surface area contributed by atoms with Crippen molar-refractivity contribution in [2.75, 3.05) is 18.1 Å². The maximum atomic E-state index is 12.8. The number of hydrogen-bond donors (Lipinski definition) is 0. The number of anilines is 1. The van der Waals surface area contributed by atoms with Crippen LogP contribution in [0.4, 0.5) is 18.9 Å². The lowest BCUT2D eigenvalue weighted by Gasteiger charge is -2.32. The molecule has 1 atom stereocenters. The van der Waals surface area contributed by atoms with E-state index in [1.165, 1.54) is 18.3 Å². The van der Waals surface area contributed by atoms with Gasteiger partial charge in [0.25, 0.3) is 5.91 Å². The number of fused-ring (bicyclic) bond motifs is 1. The predicted molar refractivity (Wildman–Crippen MR) is 86.9 cm³/mol. The summed E-state index contributed by atoms with van der Waals surface area (Å²) >= 11 is 0. The second-order valence-corrected chi connectivity index (χ2v) is 5.99. The van der Waals surface area contributed by atoms with Crippen molar-refractivity contribution in [2.45, 2.75) is 25.4 Å². The molecule has 0 saturated carbocycles. The molecule has 1 aromatic heterocycles. The minimum absolute atomic E-state index is 0.165. The maximum absolute atomic E-state index is 12.8. The molecule has 4 nitrogen and oxygen atoms in total. The molecule has 1 amide bonds. The van der Waals surface area contributed by atoms with Crippen LogP contribution < -0.4 is 9.64 Å². The Morgan fingerprint density at radius 2 is 2.04 bits per heavy atom. The average Bonchev–Trinajstić information content (AvgIpc) is 2.60. The van der Waals surface area contributed by atoms with Crippen LogP contribution in [0.25, 0.3) is 0 Å². The van der Waals surface area contributed by atoms with Gasteiger partial charge in [-0.25, -0.2) is 4.98 Å². The highest BCUT2D eigenvalue weighted by atomic mass is 19.4. The molecule has 25 heavy (non-hydrogen) atoms. The molecule has 0 N–H and O–H groups in total. The van der Waals surface area contributed by atoms with Crippen molar-refractivity contribution < 1.29 is 22.7 Å². The number of amides is 1. The van der Waals surface area contributed by atoms with E-state index < -0.39 is 12.8 Å². The van der Waals surface area contributed by atoms with Gasteiger partial charge in [0.15, 0.2) is 6.61 Å². The lowest BCUT2D eigenvalue weighted by molar-refractivity contribution is -0.154. The number of para-hydroxylation sites is 1. The number of carbonyl (C=O) groups is 1. The molecule has 2 aromatic rings. The van der Waals surface area contributed by atoms with E-state index in [-0.39, 0.29) is 11.8 Å². The third kappa shape index (κ3) is 3.92. The number of hydrogen-bond acceptors (Lipinski definition) is 3. The summed E-state index contributed by atoms with van der Waals surface area (Å²) in [6, 6.07) is 10.4. The molecule has 1 aromatic carbocycles. The number of ether oxygens (including phenoxy) is 1. The molecule has 1 aliphatic rings. The summed E-state index contributed by atoms with van der Waals surface area (Å²) in [5.41, 5.74) is 2.28. The molecule has 2 heterocycles. The molecule has 0 spiro atoms. The van der Waals surface area contributed by atoms with Crippen molar-refractivity contribution in [3.05, 3.63) is 53.7 Å². The van der Waals surface area contributed by atoms with Crippen LogP contribution in [0.5, 0.6) is 5.88 Å². The Morgan fingerprint density at radius 1 is 1.28 bits per heavy atom. The second-order valence-electron chi connectivity index (χ2n) is 5.99. The number of nitrogens with zero attached hydrogens (tertiary/aromatic N) is 2. The SMILES string of the molecule is CC1CCN(C(=O)c2ccc(OCC(F)(F)F)nc2)c2ccccc21. The number of pyridine rings is 1. The zero-order valence-corrected chi connectivity index (χ0v) is 13.6. The van der Waals surface area contributed by atoms with E-state index in [9.17, 15) is 18.0 Å². The molecular formula is C18H17F3N2O2. The van der Waals surface area contributed by atoms with Gasteiger partial charge in [0.1, 0.15) is 0 Å². The third-order valence-electron chi connectivity index (χ3n) is 4.16.